The molecular formula is C29H29N3O4. The number of ether oxygens (including phenoxy) is 2. The molecule has 7 nitrogen and oxygen atoms in total. The molecule has 0 spiro atoms. The van der Waals surface area contributed by atoms with Crippen LogP contribution in [0.5, 0.6) is 5.75 Å². The van der Waals surface area contributed by atoms with Crippen molar-refractivity contribution < 1.29 is 19.1 Å². The van der Waals surface area contributed by atoms with Crippen LogP contribution in [0.25, 0.3) is 11.0 Å². The Hall–Kier alpha value is -4.13. The van der Waals surface area contributed by atoms with Gasteiger partial charge in [-0.1, -0.05) is 60.7 Å². The van der Waals surface area contributed by atoms with E-state index in [9.17, 15) is 9.59 Å². The van der Waals surface area contributed by atoms with Gasteiger partial charge in [0.1, 0.15) is 5.75 Å². The van der Waals surface area contributed by atoms with Crippen molar-refractivity contribution in [2.75, 3.05) is 24.7 Å². The van der Waals surface area contributed by atoms with Gasteiger partial charge in [0.2, 0.25) is 11.9 Å². The smallest absolute Gasteiger partial charge is 0.321 e. The highest BCUT2D eigenvalue weighted by atomic mass is 16.5. The fraction of sp³-hybridized carbons (Fsp3) is 0.276. The van der Waals surface area contributed by atoms with Crippen molar-refractivity contribution in [2.24, 2.45) is 5.92 Å². The van der Waals surface area contributed by atoms with Gasteiger partial charge in [-0.05, 0) is 44.0 Å². The molecule has 0 radical (unpaired) electrons. The van der Waals surface area contributed by atoms with Crippen LogP contribution in [-0.2, 0) is 20.7 Å². The number of carbonyl (C=O) groups is 2. The summed E-state index contributed by atoms with van der Waals surface area (Å²) in [6.07, 6.45) is 0.630. The summed E-state index contributed by atoms with van der Waals surface area (Å²) in [5.41, 5.74) is 3.45. The van der Waals surface area contributed by atoms with E-state index in [1.54, 1.807) is 11.8 Å². The van der Waals surface area contributed by atoms with E-state index in [1.807, 2.05) is 90.4 Å². The summed E-state index contributed by atoms with van der Waals surface area (Å²) in [7, 11) is 0. The first-order valence-corrected chi connectivity index (χ1v) is 12.3. The molecule has 0 saturated carbocycles. The molecule has 1 aliphatic rings. The molecule has 0 saturated heterocycles. The number of amides is 1. The number of esters is 1. The van der Waals surface area contributed by atoms with Crippen LogP contribution in [0.4, 0.5) is 5.95 Å². The Kier molecular flexibility index (Phi) is 6.71. The number of hydrogen-bond donors (Lipinski definition) is 0. The Balaban J connectivity index is 1.70. The minimum atomic E-state index is -1.08. The van der Waals surface area contributed by atoms with Crippen LogP contribution in [0, 0.1) is 5.92 Å². The molecule has 0 bridgehead atoms. The Morgan fingerprint density at radius 2 is 1.64 bits per heavy atom. The number of nitrogens with zero attached hydrogens (tertiary/aromatic N) is 3. The zero-order chi connectivity index (χ0) is 25.1. The quantitative estimate of drug-likeness (QED) is 0.266. The zero-order valence-corrected chi connectivity index (χ0v) is 20.5. The number of aromatic nitrogens is 2. The highest BCUT2D eigenvalue weighted by Gasteiger charge is 2.48. The van der Waals surface area contributed by atoms with Crippen LogP contribution in [-0.4, -0.2) is 41.2 Å². The van der Waals surface area contributed by atoms with E-state index in [2.05, 4.69) is 0 Å². The Bertz CT molecular complexity index is 1380. The normalized spacial score (nSPS) is 17.2. The van der Waals surface area contributed by atoms with Crippen LogP contribution in [0.2, 0.25) is 0 Å². The molecule has 184 valence electrons. The Morgan fingerprint density at radius 3 is 2.42 bits per heavy atom. The second-order valence-corrected chi connectivity index (χ2v) is 8.64. The summed E-state index contributed by atoms with van der Waals surface area (Å²) < 4.78 is 13.4. The van der Waals surface area contributed by atoms with Gasteiger partial charge >= 0.3 is 5.97 Å². The summed E-state index contributed by atoms with van der Waals surface area (Å²) >= 11 is 0. The van der Waals surface area contributed by atoms with Gasteiger partial charge in [0.15, 0.2) is 5.92 Å². The highest BCUT2D eigenvalue weighted by molar-refractivity contribution is 6.08. The van der Waals surface area contributed by atoms with Crippen molar-refractivity contribution in [2.45, 2.75) is 26.3 Å². The molecular weight excluding hydrogens is 454 g/mol. The van der Waals surface area contributed by atoms with Crippen molar-refractivity contribution >= 4 is 28.9 Å². The lowest BCUT2D eigenvalue weighted by molar-refractivity contribution is -0.153. The Morgan fingerprint density at radius 1 is 0.917 bits per heavy atom. The van der Waals surface area contributed by atoms with Gasteiger partial charge in [-0.3, -0.25) is 14.5 Å². The zero-order valence-electron chi connectivity index (χ0n) is 20.5. The summed E-state index contributed by atoms with van der Waals surface area (Å²) in [6.45, 7) is 4.70. The standard InChI is InChI=1S/C29H29N3O4/c1-3-35-24-17-11-8-14-21(24)26-25(28(34)36-4-2)27(33)31(19-18-20-12-6-5-7-13-20)29-30-22-15-9-10-16-23(22)32(26)29/h5-17,25-26H,3-4,18-19H2,1-2H3/t25-,26-/m1/s1. The van der Waals surface area contributed by atoms with E-state index in [1.165, 1.54) is 0 Å². The van der Waals surface area contributed by atoms with Crippen molar-refractivity contribution in [3.8, 4) is 5.75 Å². The molecule has 2 heterocycles. The molecule has 7 heteroatoms. The molecule has 0 aliphatic carbocycles. The lowest BCUT2D eigenvalue weighted by atomic mass is 9.88. The summed E-state index contributed by atoms with van der Waals surface area (Å²) in [5.74, 6) is -0.787. The molecule has 0 unspecified atom stereocenters. The molecule has 36 heavy (non-hydrogen) atoms. The predicted octanol–water partition coefficient (Wildman–Crippen LogP) is 4.79. The van der Waals surface area contributed by atoms with Crippen molar-refractivity contribution in [3.05, 3.63) is 90.0 Å². The highest BCUT2D eigenvalue weighted by Crippen LogP contribution is 2.43. The molecule has 1 amide bonds. The third kappa shape index (κ3) is 4.21. The van der Waals surface area contributed by atoms with Gasteiger partial charge in [-0.25, -0.2) is 4.98 Å². The van der Waals surface area contributed by atoms with Gasteiger partial charge in [0, 0.05) is 12.1 Å². The predicted molar refractivity (Wildman–Crippen MR) is 138 cm³/mol. The number of fused-ring (bicyclic) bond motifs is 3. The summed E-state index contributed by atoms with van der Waals surface area (Å²) in [6, 6.07) is 24.6. The first kappa shape index (κ1) is 23.6. The first-order valence-electron chi connectivity index (χ1n) is 12.3. The second kappa shape index (κ2) is 10.2. The molecule has 3 aromatic carbocycles. The van der Waals surface area contributed by atoms with Crippen molar-refractivity contribution in [3.63, 3.8) is 0 Å². The largest absolute Gasteiger partial charge is 0.494 e. The van der Waals surface area contributed by atoms with Gasteiger partial charge < -0.3 is 14.0 Å². The third-order valence-electron chi connectivity index (χ3n) is 6.49. The van der Waals surface area contributed by atoms with Crippen LogP contribution in [0.3, 0.4) is 0 Å². The minimum Gasteiger partial charge on any atom is -0.494 e. The molecule has 0 N–H and O–H groups in total. The number of carbonyl (C=O) groups excluding carboxylic acids is 2. The van der Waals surface area contributed by atoms with E-state index in [0.717, 1.165) is 22.2 Å². The van der Waals surface area contributed by atoms with Crippen LogP contribution in [0.1, 0.15) is 31.0 Å². The van der Waals surface area contributed by atoms with E-state index in [0.29, 0.717) is 31.3 Å². The maximum atomic E-state index is 14.1. The molecule has 1 aromatic heterocycles. The average molecular weight is 484 g/mol. The SMILES string of the molecule is CCOC(=O)[C@H]1C(=O)N(CCc2ccccc2)c2nc3ccccc3n2[C@@H]1c1ccccc1OCC. The van der Waals surface area contributed by atoms with Crippen molar-refractivity contribution in [1.29, 1.82) is 0 Å². The van der Waals surface area contributed by atoms with Crippen LogP contribution >= 0.6 is 0 Å². The van der Waals surface area contributed by atoms with Crippen molar-refractivity contribution in [1.82, 2.24) is 9.55 Å². The van der Waals surface area contributed by atoms with Crippen LogP contribution < -0.4 is 9.64 Å². The average Bonchev–Trinajstić information content (AvgIpc) is 3.28. The van der Waals surface area contributed by atoms with Gasteiger partial charge in [0.05, 0.1) is 30.3 Å². The molecule has 5 rings (SSSR count). The number of imidazole rings is 1. The third-order valence-corrected chi connectivity index (χ3v) is 6.49. The second-order valence-electron chi connectivity index (χ2n) is 8.64. The molecule has 4 aromatic rings. The molecule has 1 aliphatic heterocycles. The maximum Gasteiger partial charge on any atom is 0.321 e. The maximum absolute atomic E-state index is 14.1. The molecule has 2 atom stereocenters. The summed E-state index contributed by atoms with van der Waals surface area (Å²) in [4.78, 5) is 34.0. The minimum absolute atomic E-state index is 0.185. The van der Waals surface area contributed by atoms with E-state index in [-0.39, 0.29) is 12.5 Å². The number of hydrogen-bond acceptors (Lipinski definition) is 5. The number of rotatable bonds is 8. The number of benzene rings is 3. The van der Waals surface area contributed by atoms with E-state index in [4.69, 9.17) is 14.5 Å². The topological polar surface area (TPSA) is 73.7 Å². The fourth-order valence-corrected chi connectivity index (χ4v) is 4.93. The van der Waals surface area contributed by atoms with Gasteiger partial charge in [-0.2, -0.15) is 0 Å². The molecule has 0 fully saturated rings. The van der Waals surface area contributed by atoms with E-state index >= 15 is 0 Å². The van der Waals surface area contributed by atoms with E-state index < -0.39 is 17.9 Å². The number of para-hydroxylation sites is 3. The lowest BCUT2D eigenvalue weighted by Crippen LogP contribution is -2.50. The van der Waals surface area contributed by atoms with Gasteiger partial charge in [-0.15, -0.1) is 0 Å². The van der Waals surface area contributed by atoms with Crippen LogP contribution in [0.15, 0.2) is 78.9 Å². The number of anilines is 1. The Labute approximate surface area is 210 Å². The first-order chi connectivity index (χ1) is 17.6. The summed E-state index contributed by atoms with van der Waals surface area (Å²) in [5, 5.41) is 0. The van der Waals surface area contributed by atoms with Gasteiger partial charge in [0.25, 0.3) is 0 Å². The monoisotopic (exact) mass is 483 g/mol. The lowest BCUT2D eigenvalue weighted by Gasteiger charge is -2.38. The fourth-order valence-electron chi connectivity index (χ4n) is 4.93.